The summed E-state index contributed by atoms with van der Waals surface area (Å²) in [4.78, 5) is 6.46. The van der Waals surface area contributed by atoms with Gasteiger partial charge in [-0.05, 0) is 48.5 Å². The molecule has 0 unspecified atom stereocenters. The fourth-order valence-electron chi connectivity index (χ4n) is 6.70. The molecule has 14 heteroatoms. The molecule has 0 aromatic heterocycles. The monoisotopic (exact) mass is 849 g/mol. The van der Waals surface area contributed by atoms with Gasteiger partial charge >= 0.3 is 0 Å². The van der Waals surface area contributed by atoms with Crippen molar-refractivity contribution in [2.24, 2.45) is 0 Å². The van der Waals surface area contributed by atoms with Crippen LogP contribution in [0.1, 0.15) is 16.7 Å². The highest BCUT2D eigenvalue weighted by Gasteiger charge is 2.39. The van der Waals surface area contributed by atoms with Crippen molar-refractivity contribution in [3.8, 4) is 5.75 Å². The highest BCUT2D eigenvalue weighted by molar-refractivity contribution is 5.58. The van der Waals surface area contributed by atoms with Gasteiger partial charge in [0.15, 0.2) is 5.60 Å². The zero-order chi connectivity index (χ0) is 43.4. The van der Waals surface area contributed by atoms with Gasteiger partial charge in [-0.15, -0.1) is 0 Å². The number of hydrogen-bond acceptors (Lipinski definition) is 14. The average molecular weight is 850 g/mol. The van der Waals surface area contributed by atoms with Crippen LogP contribution >= 0.6 is 0 Å². The molecule has 0 aliphatic rings. The third-order valence-electron chi connectivity index (χ3n) is 9.79. The van der Waals surface area contributed by atoms with Crippen LogP contribution in [0, 0.1) is 0 Å². The SMILES string of the molecule is CN(C)c1ccc(C(Oc2ccccc2)(c2ccc(N(CCOCCO)CCOCCOCCO)cc2)c2ccc(N(CCOCCO)CCOCCOCCO)cc2)cc1. The number of nitrogens with zero attached hydrogens (tertiary/aromatic N) is 3. The Hall–Kier alpha value is -4.32. The molecule has 0 aliphatic carbocycles. The Morgan fingerprint density at radius 2 is 0.689 bits per heavy atom. The smallest absolute Gasteiger partial charge is 0.184 e. The number of hydrogen-bond donors (Lipinski definition) is 4. The van der Waals surface area contributed by atoms with E-state index in [9.17, 15) is 10.2 Å². The van der Waals surface area contributed by atoms with Gasteiger partial charge in [0.2, 0.25) is 0 Å². The summed E-state index contributed by atoms with van der Waals surface area (Å²) in [5, 5.41) is 36.6. The van der Waals surface area contributed by atoms with Gasteiger partial charge in [0.1, 0.15) is 5.75 Å². The average Bonchev–Trinajstić information content (AvgIpc) is 3.29. The van der Waals surface area contributed by atoms with E-state index < -0.39 is 5.60 Å². The molecule has 0 saturated heterocycles. The standard InChI is InChI=1S/C47H67N3O11/c1-48(2)43-14-8-40(9-15-43)47(61-46-6-4-3-5-7-46,41-10-16-44(17-11-41)49(20-28-55-32-24-51)22-30-57-36-38-59-34-26-53)42-12-18-45(19-13-42)50(21-29-56-33-25-52)23-31-58-37-39-60-35-27-54/h3-19,51-54H,20-39H2,1-2H3. The molecule has 0 spiro atoms. The molecule has 4 N–H and O–H groups in total. The molecule has 0 saturated carbocycles. The van der Waals surface area contributed by atoms with Crippen molar-refractivity contribution in [1.29, 1.82) is 0 Å². The predicted octanol–water partition coefficient (Wildman–Crippen LogP) is 3.81. The maximum atomic E-state index is 9.29. The number of para-hydroxylation sites is 1. The van der Waals surface area contributed by atoms with E-state index in [4.69, 9.17) is 43.4 Å². The Morgan fingerprint density at radius 3 is 1.02 bits per heavy atom. The number of anilines is 3. The van der Waals surface area contributed by atoms with Crippen LogP contribution in [-0.2, 0) is 34.0 Å². The van der Waals surface area contributed by atoms with Gasteiger partial charge in [-0.1, -0.05) is 54.6 Å². The molecule has 336 valence electrons. The fraction of sp³-hybridized carbons (Fsp3) is 0.489. The summed E-state index contributed by atoms with van der Waals surface area (Å²) in [6, 6.07) is 35.2. The second-order valence-electron chi connectivity index (χ2n) is 14.2. The zero-order valence-electron chi connectivity index (χ0n) is 35.9. The van der Waals surface area contributed by atoms with Crippen LogP contribution < -0.4 is 19.4 Å². The normalized spacial score (nSPS) is 11.5. The summed E-state index contributed by atoms with van der Waals surface area (Å²) >= 11 is 0. The van der Waals surface area contributed by atoms with E-state index in [0.717, 1.165) is 33.8 Å². The number of ether oxygens (including phenoxy) is 7. The molecule has 4 rings (SSSR count). The van der Waals surface area contributed by atoms with E-state index in [2.05, 4.69) is 87.5 Å². The summed E-state index contributed by atoms with van der Waals surface area (Å²) in [5.41, 5.74) is 4.72. The molecule has 61 heavy (non-hydrogen) atoms. The third-order valence-corrected chi connectivity index (χ3v) is 9.79. The molecule has 14 nitrogen and oxygen atoms in total. The van der Waals surface area contributed by atoms with Gasteiger partial charge < -0.3 is 68.3 Å². The predicted molar refractivity (Wildman–Crippen MR) is 238 cm³/mol. The van der Waals surface area contributed by atoms with Gasteiger partial charge in [-0.3, -0.25) is 0 Å². The van der Waals surface area contributed by atoms with Crippen molar-refractivity contribution in [3.63, 3.8) is 0 Å². The molecule has 0 heterocycles. The van der Waals surface area contributed by atoms with Crippen LogP contribution in [0.2, 0.25) is 0 Å². The second-order valence-corrected chi connectivity index (χ2v) is 14.2. The van der Waals surface area contributed by atoms with E-state index in [0.29, 0.717) is 84.8 Å². The summed E-state index contributed by atoms with van der Waals surface area (Å²) in [6.45, 7) is 6.79. The van der Waals surface area contributed by atoms with Crippen molar-refractivity contribution in [3.05, 3.63) is 120 Å². The highest BCUT2D eigenvalue weighted by Crippen LogP contribution is 2.43. The topological polar surface area (TPSA) is 155 Å². The van der Waals surface area contributed by atoms with Crippen LogP contribution in [0.5, 0.6) is 5.75 Å². The maximum Gasteiger partial charge on any atom is 0.184 e. The Morgan fingerprint density at radius 1 is 0.377 bits per heavy atom. The molecule has 0 radical (unpaired) electrons. The van der Waals surface area contributed by atoms with Gasteiger partial charge in [0.05, 0.1) is 106 Å². The Kier molecular flexibility index (Phi) is 23.5. The number of aliphatic hydroxyl groups is 4. The first-order chi connectivity index (χ1) is 30.0. The van der Waals surface area contributed by atoms with E-state index in [1.54, 1.807) is 0 Å². The van der Waals surface area contributed by atoms with Crippen LogP contribution in [0.25, 0.3) is 0 Å². The fourth-order valence-corrected chi connectivity index (χ4v) is 6.70. The first-order valence-corrected chi connectivity index (χ1v) is 21.1. The van der Waals surface area contributed by atoms with Gasteiger partial charge in [-0.2, -0.15) is 0 Å². The van der Waals surface area contributed by atoms with Crippen LogP contribution in [-0.4, -0.2) is 166 Å². The van der Waals surface area contributed by atoms with Crippen LogP contribution in [0.3, 0.4) is 0 Å². The first-order valence-electron chi connectivity index (χ1n) is 21.1. The van der Waals surface area contributed by atoms with Crippen molar-refractivity contribution < 1.29 is 53.6 Å². The highest BCUT2D eigenvalue weighted by atomic mass is 16.5. The Labute approximate surface area is 361 Å². The van der Waals surface area contributed by atoms with Crippen molar-refractivity contribution >= 4 is 17.1 Å². The molecule has 0 aliphatic heterocycles. The Bertz CT molecular complexity index is 1610. The van der Waals surface area contributed by atoms with Gasteiger partial charge in [0, 0.05) is 74.0 Å². The van der Waals surface area contributed by atoms with Crippen molar-refractivity contribution in [2.75, 3.05) is 161 Å². The van der Waals surface area contributed by atoms with Gasteiger partial charge in [-0.25, -0.2) is 0 Å². The minimum Gasteiger partial charge on any atom is -0.473 e. The molecule has 0 fully saturated rings. The number of benzene rings is 4. The minimum absolute atomic E-state index is 0.0238. The number of rotatable bonds is 34. The lowest BCUT2D eigenvalue weighted by atomic mass is 9.79. The van der Waals surface area contributed by atoms with Crippen LogP contribution in [0.15, 0.2) is 103 Å². The lowest BCUT2D eigenvalue weighted by Crippen LogP contribution is -2.37. The zero-order valence-corrected chi connectivity index (χ0v) is 35.9. The van der Waals surface area contributed by atoms with Crippen LogP contribution in [0.4, 0.5) is 17.1 Å². The molecule has 0 atom stereocenters. The summed E-state index contributed by atoms with van der Waals surface area (Å²) in [7, 11) is 4.04. The molecular weight excluding hydrogens is 783 g/mol. The quantitative estimate of drug-likeness (QED) is 0.0398. The molecular formula is C47H67N3O11. The van der Waals surface area contributed by atoms with E-state index >= 15 is 0 Å². The molecule has 4 aromatic carbocycles. The molecule has 0 bridgehead atoms. The van der Waals surface area contributed by atoms with Gasteiger partial charge in [0.25, 0.3) is 0 Å². The minimum atomic E-state index is -1.08. The van der Waals surface area contributed by atoms with Crippen molar-refractivity contribution in [1.82, 2.24) is 0 Å². The van der Waals surface area contributed by atoms with E-state index in [-0.39, 0.29) is 52.9 Å². The third kappa shape index (κ3) is 16.5. The summed E-state index contributed by atoms with van der Waals surface area (Å²) in [5.74, 6) is 0.706. The lowest BCUT2D eigenvalue weighted by Gasteiger charge is -2.37. The summed E-state index contributed by atoms with van der Waals surface area (Å²) < 4.78 is 41.0. The first kappa shape index (κ1) is 49.3. The largest absolute Gasteiger partial charge is 0.473 e. The summed E-state index contributed by atoms with van der Waals surface area (Å²) in [6.07, 6.45) is 0. The Balaban J connectivity index is 1.73. The second kappa shape index (κ2) is 29.1. The molecule has 4 aromatic rings. The van der Waals surface area contributed by atoms with E-state index in [1.165, 1.54) is 0 Å². The molecule has 0 amide bonds. The lowest BCUT2D eigenvalue weighted by molar-refractivity contribution is 0.0347. The number of aliphatic hydroxyl groups excluding tert-OH is 4. The maximum absolute atomic E-state index is 9.29. The van der Waals surface area contributed by atoms with E-state index in [1.807, 2.05) is 44.4 Å². The van der Waals surface area contributed by atoms with Crippen molar-refractivity contribution in [2.45, 2.75) is 5.60 Å².